The van der Waals surface area contributed by atoms with Crippen LogP contribution >= 0.6 is 0 Å². The van der Waals surface area contributed by atoms with Crippen LogP contribution in [-0.2, 0) is 8.85 Å². The molecule has 7 unspecified atom stereocenters. The largest absolute Gasteiger partial charge is 0.414 e. The van der Waals surface area contributed by atoms with Gasteiger partial charge in [-0.15, -0.1) is 0 Å². The molecule has 0 heterocycles. The van der Waals surface area contributed by atoms with E-state index in [2.05, 4.69) is 80.0 Å². The zero-order valence-corrected chi connectivity index (χ0v) is 28.6. The number of hydrogen-bond acceptors (Lipinski definition) is 2. The zero-order valence-electron chi connectivity index (χ0n) is 26.6. The zero-order chi connectivity index (χ0) is 27.4. The third kappa shape index (κ3) is 6.38. The Morgan fingerprint density at radius 1 is 0.838 bits per heavy atom. The Labute approximate surface area is 233 Å². The molecule has 4 aliphatic rings. The fraction of sp³-hybridized carbons (Fsp3) is 0.939. The Kier molecular flexibility index (Phi) is 8.79. The fourth-order valence-corrected chi connectivity index (χ4v) is 12.0. The van der Waals surface area contributed by atoms with Gasteiger partial charge in [-0.2, -0.15) is 0 Å². The fourth-order valence-electron chi connectivity index (χ4n) is 9.74. The lowest BCUT2D eigenvalue weighted by Crippen LogP contribution is -2.57. The number of rotatable bonds is 9. The van der Waals surface area contributed by atoms with Gasteiger partial charge in [0.25, 0.3) is 0 Å². The Morgan fingerprint density at radius 3 is 2.14 bits per heavy atom. The normalized spacial score (nSPS) is 41.1. The van der Waals surface area contributed by atoms with E-state index in [0.29, 0.717) is 29.0 Å². The molecule has 3 fully saturated rings. The molecule has 0 aromatic heterocycles. The Balaban J connectivity index is 1.61. The average molecular weight is 547 g/mol. The van der Waals surface area contributed by atoms with Crippen molar-refractivity contribution in [3.63, 3.8) is 0 Å². The molecule has 2 nitrogen and oxygen atoms in total. The highest BCUT2D eigenvalue weighted by Gasteiger charge is 2.61. The topological polar surface area (TPSA) is 18.5 Å². The van der Waals surface area contributed by atoms with Gasteiger partial charge < -0.3 is 8.85 Å². The predicted molar refractivity (Wildman–Crippen MR) is 165 cm³/mol. The van der Waals surface area contributed by atoms with Gasteiger partial charge in [0.15, 0.2) is 16.6 Å². The maximum absolute atomic E-state index is 7.15. The van der Waals surface area contributed by atoms with Crippen LogP contribution in [-0.4, -0.2) is 28.8 Å². The molecule has 37 heavy (non-hydrogen) atoms. The Bertz CT molecular complexity index is 823. The molecule has 4 rings (SSSR count). The maximum Gasteiger partial charge on any atom is 0.184 e. The summed E-state index contributed by atoms with van der Waals surface area (Å²) in [7, 11) is -3.19. The highest BCUT2D eigenvalue weighted by molar-refractivity contribution is 6.70. The van der Waals surface area contributed by atoms with Gasteiger partial charge in [0.05, 0.1) is 6.10 Å². The highest BCUT2D eigenvalue weighted by Crippen LogP contribution is 2.68. The van der Waals surface area contributed by atoms with Gasteiger partial charge in [-0.25, -0.2) is 0 Å². The van der Waals surface area contributed by atoms with Crippen molar-refractivity contribution in [2.45, 2.75) is 150 Å². The summed E-state index contributed by atoms with van der Waals surface area (Å²) in [5, 5.41) is 0. The average Bonchev–Trinajstić information content (AvgIpc) is 3.09. The summed E-state index contributed by atoms with van der Waals surface area (Å²) in [5.41, 5.74) is 2.55. The van der Waals surface area contributed by atoms with Gasteiger partial charge in [-0.05, 0) is 131 Å². The maximum atomic E-state index is 7.15. The first-order valence-corrected chi connectivity index (χ1v) is 22.9. The molecule has 0 saturated heterocycles. The van der Waals surface area contributed by atoms with E-state index in [4.69, 9.17) is 8.85 Å². The second-order valence-corrected chi connectivity index (χ2v) is 25.6. The van der Waals surface area contributed by atoms with Gasteiger partial charge in [-0.1, -0.05) is 65.5 Å². The standard InChI is InChI=1S/C33H62O2Si2/c1-23(2)13-12-14-24(3)27-15-16-28-31-29(18-20-33(27,28)5)32(4)19-17-26(34-36(6,7)8)21-25(32)22-30(31)35-37(9,10)11/h22-24,26-31H,12-21H2,1-11H3/t24?,26-,27?,28?,29?,30-,31?,32?,33?/m0/s1. The van der Waals surface area contributed by atoms with Crippen LogP contribution in [0.3, 0.4) is 0 Å². The lowest BCUT2D eigenvalue weighted by atomic mass is 9.46. The molecule has 9 atom stereocenters. The molecular formula is C33H62O2Si2. The Morgan fingerprint density at radius 2 is 1.51 bits per heavy atom. The molecule has 0 bridgehead atoms. The third-order valence-electron chi connectivity index (χ3n) is 11.3. The molecule has 0 aliphatic heterocycles. The minimum atomic E-state index is -1.66. The van der Waals surface area contributed by atoms with E-state index in [9.17, 15) is 0 Å². The van der Waals surface area contributed by atoms with Crippen LogP contribution in [0.2, 0.25) is 39.3 Å². The van der Waals surface area contributed by atoms with Crippen LogP contribution in [0.25, 0.3) is 0 Å². The summed E-state index contributed by atoms with van der Waals surface area (Å²) < 4.78 is 13.8. The van der Waals surface area contributed by atoms with Gasteiger partial charge in [0.2, 0.25) is 0 Å². The predicted octanol–water partition coefficient (Wildman–Crippen LogP) is 10.1. The van der Waals surface area contributed by atoms with Gasteiger partial charge in [-0.3, -0.25) is 0 Å². The minimum Gasteiger partial charge on any atom is -0.414 e. The van der Waals surface area contributed by atoms with Crippen molar-refractivity contribution in [2.24, 2.45) is 46.3 Å². The Hall–Kier alpha value is 0.0938. The van der Waals surface area contributed by atoms with E-state index in [1.165, 1.54) is 57.8 Å². The smallest absolute Gasteiger partial charge is 0.184 e. The van der Waals surface area contributed by atoms with E-state index in [1.807, 2.05) is 0 Å². The lowest BCUT2D eigenvalue weighted by Gasteiger charge is -2.61. The summed E-state index contributed by atoms with van der Waals surface area (Å²) in [6, 6.07) is 0. The third-order valence-corrected chi connectivity index (χ3v) is 13.3. The molecule has 4 aliphatic carbocycles. The molecule has 0 radical (unpaired) electrons. The molecule has 0 spiro atoms. The van der Waals surface area contributed by atoms with Crippen LogP contribution in [0.15, 0.2) is 11.6 Å². The molecule has 0 aromatic rings. The second-order valence-electron chi connectivity index (χ2n) is 16.7. The number of hydrogen-bond donors (Lipinski definition) is 0. The first-order valence-electron chi connectivity index (χ1n) is 16.1. The van der Waals surface area contributed by atoms with Crippen LogP contribution in [0.5, 0.6) is 0 Å². The number of fused-ring (bicyclic) bond motifs is 5. The molecule has 4 heteroatoms. The van der Waals surface area contributed by atoms with Crippen molar-refractivity contribution in [1.82, 2.24) is 0 Å². The van der Waals surface area contributed by atoms with Crippen molar-refractivity contribution >= 4 is 16.6 Å². The van der Waals surface area contributed by atoms with E-state index in [-0.39, 0.29) is 0 Å². The van der Waals surface area contributed by atoms with E-state index in [1.54, 1.807) is 5.57 Å². The second kappa shape index (κ2) is 10.8. The molecular weight excluding hydrogens is 485 g/mol. The summed E-state index contributed by atoms with van der Waals surface area (Å²) in [6.07, 6.45) is 17.1. The van der Waals surface area contributed by atoms with E-state index < -0.39 is 16.6 Å². The van der Waals surface area contributed by atoms with Gasteiger partial charge in [0.1, 0.15) is 0 Å². The van der Waals surface area contributed by atoms with Crippen molar-refractivity contribution < 1.29 is 8.85 Å². The minimum absolute atomic E-state index is 0.324. The van der Waals surface area contributed by atoms with E-state index in [0.717, 1.165) is 36.0 Å². The molecule has 214 valence electrons. The van der Waals surface area contributed by atoms with Gasteiger partial charge >= 0.3 is 0 Å². The van der Waals surface area contributed by atoms with Gasteiger partial charge in [0, 0.05) is 6.10 Å². The summed E-state index contributed by atoms with van der Waals surface area (Å²) in [6.45, 7) is 27.0. The van der Waals surface area contributed by atoms with Crippen molar-refractivity contribution in [1.29, 1.82) is 0 Å². The summed E-state index contributed by atoms with van der Waals surface area (Å²) in [5.74, 6) is 4.93. The summed E-state index contributed by atoms with van der Waals surface area (Å²) in [4.78, 5) is 0. The van der Waals surface area contributed by atoms with Crippen LogP contribution < -0.4 is 0 Å². The van der Waals surface area contributed by atoms with Crippen LogP contribution in [0, 0.1) is 46.3 Å². The van der Waals surface area contributed by atoms with Crippen molar-refractivity contribution in [3.05, 3.63) is 11.6 Å². The first kappa shape index (κ1) is 30.1. The van der Waals surface area contributed by atoms with E-state index >= 15 is 0 Å². The molecule has 0 amide bonds. The van der Waals surface area contributed by atoms with Crippen LogP contribution in [0.4, 0.5) is 0 Å². The monoisotopic (exact) mass is 546 g/mol. The molecule has 0 aromatic carbocycles. The SMILES string of the molecule is CC(C)CCCC(C)C1CCC2C3C(CCC12C)C1(C)CC[C@H](O[Si](C)(C)C)CC1=C[C@@H]3O[Si](C)(C)C. The summed E-state index contributed by atoms with van der Waals surface area (Å²) >= 11 is 0. The highest BCUT2D eigenvalue weighted by atomic mass is 28.4. The van der Waals surface area contributed by atoms with Crippen LogP contribution in [0.1, 0.15) is 98.8 Å². The lowest BCUT2D eigenvalue weighted by molar-refractivity contribution is -0.0923. The van der Waals surface area contributed by atoms with Crippen molar-refractivity contribution in [3.8, 4) is 0 Å². The van der Waals surface area contributed by atoms with Crippen molar-refractivity contribution in [2.75, 3.05) is 0 Å². The molecule has 0 N–H and O–H groups in total. The quantitative estimate of drug-likeness (QED) is 0.211. The molecule has 3 saturated carbocycles. The first-order chi connectivity index (χ1) is 17.0.